The Labute approximate surface area is 85.5 Å². The third-order valence-corrected chi connectivity index (χ3v) is 2.86. The van der Waals surface area contributed by atoms with Crippen LogP contribution in [0, 0.1) is 0 Å². The summed E-state index contributed by atoms with van der Waals surface area (Å²) in [5.74, 6) is 0. The van der Waals surface area contributed by atoms with Crippen molar-refractivity contribution >= 4 is 5.69 Å². The van der Waals surface area contributed by atoms with Crippen molar-refractivity contribution in [2.45, 2.75) is 51.6 Å². The van der Waals surface area contributed by atoms with Gasteiger partial charge in [0, 0.05) is 18.3 Å². The van der Waals surface area contributed by atoms with Gasteiger partial charge in [-0.2, -0.15) is 5.10 Å². The molecular formula is C11H19N3. The van der Waals surface area contributed by atoms with Crippen LogP contribution in [0.4, 0.5) is 5.69 Å². The molecule has 0 bridgehead atoms. The fraction of sp³-hybridized carbons (Fsp3) is 0.727. The van der Waals surface area contributed by atoms with Crippen LogP contribution >= 0.6 is 0 Å². The molecule has 0 aromatic carbocycles. The van der Waals surface area contributed by atoms with E-state index in [-0.39, 0.29) is 0 Å². The molecule has 0 aliphatic heterocycles. The summed E-state index contributed by atoms with van der Waals surface area (Å²) in [6.45, 7) is 4.29. The van der Waals surface area contributed by atoms with E-state index in [2.05, 4.69) is 30.5 Å². The molecule has 3 heteroatoms. The van der Waals surface area contributed by atoms with Crippen molar-refractivity contribution in [3.05, 3.63) is 12.4 Å². The van der Waals surface area contributed by atoms with Crippen LogP contribution in [0.3, 0.4) is 0 Å². The summed E-state index contributed by atoms with van der Waals surface area (Å²) in [7, 11) is 0. The predicted octanol–water partition coefficient (Wildman–Crippen LogP) is 2.82. The van der Waals surface area contributed by atoms with Crippen molar-refractivity contribution < 1.29 is 0 Å². The van der Waals surface area contributed by atoms with Gasteiger partial charge in [-0.3, -0.25) is 4.68 Å². The van der Waals surface area contributed by atoms with Crippen molar-refractivity contribution in [3.63, 3.8) is 0 Å². The van der Waals surface area contributed by atoms with Crippen molar-refractivity contribution in [2.75, 3.05) is 5.32 Å². The fourth-order valence-corrected chi connectivity index (χ4v) is 2.00. The van der Waals surface area contributed by atoms with Crippen LogP contribution in [0.15, 0.2) is 12.4 Å². The summed E-state index contributed by atoms with van der Waals surface area (Å²) in [5.41, 5.74) is 1.17. The minimum absolute atomic E-state index is 0.453. The third kappa shape index (κ3) is 2.08. The van der Waals surface area contributed by atoms with Gasteiger partial charge < -0.3 is 5.32 Å². The Balaban J connectivity index is 1.95. The zero-order valence-corrected chi connectivity index (χ0v) is 9.03. The SMILES string of the molecule is CC(C)n1cc(NC2CCCC2)cn1. The highest BCUT2D eigenvalue weighted by Crippen LogP contribution is 2.22. The molecule has 0 radical (unpaired) electrons. The van der Waals surface area contributed by atoms with E-state index in [0.29, 0.717) is 12.1 Å². The van der Waals surface area contributed by atoms with Crippen molar-refractivity contribution in [2.24, 2.45) is 0 Å². The van der Waals surface area contributed by atoms with Gasteiger partial charge in [-0.05, 0) is 26.7 Å². The second-order valence-electron chi connectivity index (χ2n) is 4.43. The summed E-state index contributed by atoms with van der Waals surface area (Å²) in [6, 6.07) is 1.13. The predicted molar refractivity (Wildman–Crippen MR) is 58.5 cm³/mol. The standard InChI is InChI=1S/C11H19N3/c1-9(2)14-8-11(7-12-14)13-10-5-3-4-6-10/h7-10,13H,3-6H2,1-2H3. The van der Waals surface area contributed by atoms with Crippen LogP contribution in [-0.2, 0) is 0 Å². The number of hydrogen-bond donors (Lipinski definition) is 1. The maximum absolute atomic E-state index is 4.31. The van der Waals surface area contributed by atoms with Gasteiger partial charge >= 0.3 is 0 Å². The molecule has 0 unspecified atom stereocenters. The van der Waals surface area contributed by atoms with Gasteiger partial charge in [0.1, 0.15) is 0 Å². The first-order chi connectivity index (χ1) is 6.75. The second kappa shape index (κ2) is 4.03. The highest BCUT2D eigenvalue weighted by atomic mass is 15.3. The normalized spacial score (nSPS) is 17.9. The van der Waals surface area contributed by atoms with E-state index >= 15 is 0 Å². The van der Waals surface area contributed by atoms with Gasteiger partial charge in [0.05, 0.1) is 11.9 Å². The number of nitrogens with zero attached hydrogens (tertiary/aromatic N) is 2. The van der Waals surface area contributed by atoms with Crippen molar-refractivity contribution in [1.82, 2.24) is 9.78 Å². The molecule has 14 heavy (non-hydrogen) atoms. The molecule has 1 fully saturated rings. The van der Waals surface area contributed by atoms with Crippen LogP contribution in [0.2, 0.25) is 0 Å². The zero-order valence-electron chi connectivity index (χ0n) is 9.03. The van der Waals surface area contributed by atoms with E-state index in [4.69, 9.17) is 0 Å². The van der Waals surface area contributed by atoms with Gasteiger partial charge in [-0.15, -0.1) is 0 Å². The monoisotopic (exact) mass is 193 g/mol. The molecule has 0 saturated heterocycles. The first-order valence-corrected chi connectivity index (χ1v) is 5.56. The molecule has 0 atom stereocenters. The van der Waals surface area contributed by atoms with Crippen molar-refractivity contribution in [3.8, 4) is 0 Å². The van der Waals surface area contributed by atoms with Crippen molar-refractivity contribution in [1.29, 1.82) is 0 Å². The molecule has 78 valence electrons. The first kappa shape index (κ1) is 9.56. The Morgan fingerprint density at radius 1 is 1.43 bits per heavy atom. The van der Waals surface area contributed by atoms with Crippen LogP contribution in [-0.4, -0.2) is 15.8 Å². The number of aromatic nitrogens is 2. The second-order valence-corrected chi connectivity index (χ2v) is 4.43. The van der Waals surface area contributed by atoms with Gasteiger partial charge in [0.2, 0.25) is 0 Å². The molecule has 1 heterocycles. The first-order valence-electron chi connectivity index (χ1n) is 5.56. The summed E-state index contributed by atoms with van der Waals surface area (Å²) in [4.78, 5) is 0. The minimum atomic E-state index is 0.453. The largest absolute Gasteiger partial charge is 0.380 e. The molecule has 1 aliphatic rings. The Kier molecular flexibility index (Phi) is 2.75. The Morgan fingerprint density at radius 2 is 2.14 bits per heavy atom. The van der Waals surface area contributed by atoms with E-state index in [9.17, 15) is 0 Å². The summed E-state index contributed by atoms with van der Waals surface area (Å²) in [5, 5.41) is 7.84. The Morgan fingerprint density at radius 3 is 2.71 bits per heavy atom. The molecular weight excluding hydrogens is 174 g/mol. The number of nitrogens with one attached hydrogen (secondary N) is 1. The van der Waals surface area contributed by atoms with Crippen LogP contribution in [0.25, 0.3) is 0 Å². The lowest BCUT2D eigenvalue weighted by atomic mass is 10.2. The quantitative estimate of drug-likeness (QED) is 0.800. The zero-order chi connectivity index (χ0) is 9.97. The average molecular weight is 193 g/mol. The van der Waals surface area contributed by atoms with E-state index in [1.807, 2.05) is 10.9 Å². The smallest absolute Gasteiger partial charge is 0.0728 e. The van der Waals surface area contributed by atoms with E-state index in [1.165, 1.54) is 31.4 Å². The number of anilines is 1. The lowest BCUT2D eigenvalue weighted by molar-refractivity contribution is 0.532. The minimum Gasteiger partial charge on any atom is -0.380 e. The lowest BCUT2D eigenvalue weighted by Gasteiger charge is -2.10. The molecule has 0 amide bonds. The van der Waals surface area contributed by atoms with Crippen LogP contribution in [0.5, 0.6) is 0 Å². The van der Waals surface area contributed by atoms with E-state index < -0.39 is 0 Å². The summed E-state index contributed by atoms with van der Waals surface area (Å²) in [6.07, 6.45) is 9.40. The Hall–Kier alpha value is -0.990. The summed E-state index contributed by atoms with van der Waals surface area (Å²) >= 11 is 0. The lowest BCUT2D eigenvalue weighted by Crippen LogP contribution is -2.13. The number of rotatable bonds is 3. The molecule has 1 N–H and O–H groups in total. The highest BCUT2D eigenvalue weighted by Gasteiger charge is 2.15. The maximum Gasteiger partial charge on any atom is 0.0728 e. The molecule has 1 aliphatic carbocycles. The molecule has 3 nitrogen and oxygen atoms in total. The third-order valence-electron chi connectivity index (χ3n) is 2.86. The Bertz CT molecular complexity index is 284. The summed E-state index contributed by atoms with van der Waals surface area (Å²) < 4.78 is 2.00. The maximum atomic E-state index is 4.31. The molecule has 1 aromatic rings. The van der Waals surface area contributed by atoms with Gasteiger partial charge in [0.15, 0.2) is 0 Å². The fourth-order valence-electron chi connectivity index (χ4n) is 2.00. The topological polar surface area (TPSA) is 29.9 Å². The molecule has 2 rings (SSSR count). The molecule has 1 saturated carbocycles. The van der Waals surface area contributed by atoms with Crippen LogP contribution < -0.4 is 5.32 Å². The van der Waals surface area contributed by atoms with E-state index in [0.717, 1.165) is 0 Å². The van der Waals surface area contributed by atoms with E-state index in [1.54, 1.807) is 0 Å². The number of hydrogen-bond acceptors (Lipinski definition) is 2. The highest BCUT2D eigenvalue weighted by molar-refractivity contribution is 5.39. The van der Waals surface area contributed by atoms with Gasteiger partial charge in [-0.1, -0.05) is 12.8 Å². The molecule has 0 spiro atoms. The molecule has 1 aromatic heterocycles. The van der Waals surface area contributed by atoms with Gasteiger partial charge in [0.25, 0.3) is 0 Å². The van der Waals surface area contributed by atoms with Gasteiger partial charge in [-0.25, -0.2) is 0 Å². The average Bonchev–Trinajstić information content (AvgIpc) is 2.75. The van der Waals surface area contributed by atoms with Crippen LogP contribution in [0.1, 0.15) is 45.6 Å².